The van der Waals surface area contributed by atoms with Gasteiger partial charge in [0.1, 0.15) is 18.1 Å². The van der Waals surface area contributed by atoms with Crippen LogP contribution in [-0.2, 0) is 14.5 Å². The maximum absolute atomic E-state index is 12.9. The molecule has 4 rings (SSSR count). The van der Waals surface area contributed by atoms with E-state index in [0.717, 1.165) is 28.7 Å². The molecule has 8 heteroatoms. The molecule has 6 nitrogen and oxygen atoms in total. The highest BCUT2D eigenvalue weighted by atomic mass is 32.2. The molecular formula is C25H29BO6S. The molecule has 1 fully saturated rings. The van der Waals surface area contributed by atoms with Crippen molar-refractivity contribution in [3.8, 4) is 11.5 Å². The van der Waals surface area contributed by atoms with Gasteiger partial charge in [-0.05, 0) is 60.2 Å². The second kappa shape index (κ2) is 10.2. The minimum absolute atomic E-state index is 0.0583. The summed E-state index contributed by atoms with van der Waals surface area (Å²) in [6.07, 6.45) is 3.68. The zero-order valence-electron chi connectivity index (χ0n) is 18.7. The molecule has 0 amide bonds. The van der Waals surface area contributed by atoms with Gasteiger partial charge in [0.05, 0.1) is 17.1 Å². The summed E-state index contributed by atoms with van der Waals surface area (Å²) in [6.45, 7) is 2.25. The fraction of sp³-hybridized carbons (Fsp3) is 0.360. The Morgan fingerprint density at radius 2 is 2.00 bits per heavy atom. The first-order valence-corrected chi connectivity index (χ1v) is 13.0. The third-order valence-electron chi connectivity index (χ3n) is 6.23. The zero-order chi connectivity index (χ0) is 23.4. The normalized spacial score (nSPS) is 22.4. The number of ether oxygens (including phenoxy) is 1. The summed E-state index contributed by atoms with van der Waals surface area (Å²) >= 11 is 0. The van der Waals surface area contributed by atoms with Gasteiger partial charge >= 0.3 is 7.12 Å². The molecule has 1 saturated heterocycles. The second-order valence-corrected chi connectivity index (χ2v) is 10.7. The first kappa shape index (κ1) is 23.6. The van der Waals surface area contributed by atoms with Gasteiger partial charge in [-0.15, -0.1) is 0 Å². The predicted octanol–water partition coefficient (Wildman–Crippen LogP) is 4.02. The molecular weight excluding hydrogens is 439 g/mol. The Morgan fingerprint density at radius 1 is 1.21 bits per heavy atom. The Morgan fingerprint density at radius 3 is 2.73 bits per heavy atom. The number of rotatable bonds is 8. The van der Waals surface area contributed by atoms with E-state index in [9.17, 15) is 18.5 Å². The van der Waals surface area contributed by atoms with Crippen molar-refractivity contribution < 1.29 is 27.9 Å². The fourth-order valence-corrected chi connectivity index (χ4v) is 6.71. The highest BCUT2D eigenvalue weighted by molar-refractivity contribution is 7.92. The van der Waals surface area contributed by atoms with E-state index in [2.05, 4.69) is 6.92 Å². The summed E-state index contributed by atoms with van der Waals surface area (Å²) in [5.74, 6) is 0.832. The van der Waals surface area contributed by atoms with Crippen LogP contribution in [0.25, 0.3) is 6.08 Å². The molecule has 2 heterocycles. The molecule has 0 radical (unpaired) electrons. The Balaban J connectivity index is 1.54. The lowest BCUT2D eigenvalue weighted by Gasteiger charge is -2.32. The van der Waals surface area contributed by atoms with Crippen LogP contribution in [-0.4, -0.2) is 49.4 Å². The van der Waals surface area contributed by atoms with E-state index in [-0.39, 0.29) is 24.4 Å². The Hall–Kier alpha value is -2.55. The van der Waals surface area contributed by atoms with Crippen LogP contribution in [0.2, 0.25) is 6.32 Å². The molecule has 2 aliphatic rings. The summed E-state index contributed by atoms with van der Waals surface area (Å²) in [7, 11) is -4.50. The van der Waals surface area contributed by atoms with E-state index in [4.69, 9.17) is 9.39 Å². The molecule has 0 unspecified atom stereocenters. The van der Waals surface area contributed by atoms with Crippen LogP contribution in [0.4, 0.5) is 0 Å². The van der Waals surface area contributed by atoms with Crippen molar-refractivity contribution in [2.24, 2.45) is 0 Å². The number of sulfone groups is 1. The lowest BCUT2D eigenvalue weighted by Crippen LogP contribution is -2.42. The van der Waals surface area contributed by atoms with Crippen molar-refractivity contribution in [2.75, 3.05) is 12.4 Å². The first-order valence-electron chi connectivity index (χ1n) is 11.3. The van der Waals surface area contributed by atoms with Crippen molar-refractivity contribution >= 4 is 23.0 Å². The number of hydrogen-bond donors (Lipinski definition) is 2. The van der Waals surface area contributed by atoms with Gasteiger partial charge in [0.15, 0.2) is 9.84 Å². The third kappa shape index (κ3) is 5.69. The van der Waals surface area contributed by atoms with E-state index in [1.54, 1.807) is 18.2 Å². The molecule has 0 aliphatic carbocycles. The Bertz CT molecular complexity index is 1140. The number of allylic oxidation sites excluding steroid dienone is 1. The minimum Gasteiger partial charge on any atom is -0.508 e. The van der Waals surface area contributed by atoms with Gasteiger partial charge in [0, 0.05) is 6.32 Å². The average Bonchev–Trinajstić information content (AvgIpc) is 3.05. The standard InChI is InChI=1S/C25H29BO6S/c1-2-18(13-19-7-6-8-21(27)14-19)11-12-23-25-20(16-31-22-9-4-3-5-10-22)17-33(29,30)24(25)15-26(28)32-23/h3-10,13-14,23-24,27-28H,2,11-12,15-17H2,1H3/b18-13+/t23-,24+/m1/s1. The second-order valence-electron chi connectivity index (χ2n) is 8.56. The summed E-state index contributed by atoms with van der Waals surface area (Å²) in [5.41, 5.74) is 3.55. The molecule has 2 aliphatic heterocycles. The summed E-state index contributed by atoms with van der Waals surface area (Å²) in [5, 5.41) is 19.3. The molecule has 174 valence electrons. The predicted molar refractivity (Wildman–Crippen MR) is 130 cm³/mol. The maximum atomic E-state index is 12.9. The van der Waals surface area contributed by atoms with Gasteiger partial charge in [-0.1, -0.05) is 48.9 Å². The third-order valence-corrected chi connectivity index (χ3v) is 8.29. The highest BCUT2D eigenvalue weighted by Gasteiger charge is 2.48. The van der Waals surface area contributed by atoms with Crippen molar-refractivity contribution in [3.05, 3.63) is 76.9 Å². The number of para-hydroxylation sites is 1. The largest absolute Gasteiger partial charge is 0.508 e. The summed E-state index contributed by atoms with van der Waals surface area (Å²) in [6, 6.07) is 16.4. The quantitative estimate of drug-likeness (QED) is 0.449. The first-order chi connectivity index (χ1) is 15.9. The maximum Gasteiger partial charge on any atom is 0.456 e. The minimum atomic E-state index is -3.40. The van der Waals surface area contributed by atoms with Crippen LogP contribution in [0.1, 0.15) is 31.7 Å². The van der Waals surface area contributed by atoms with Gasteiger partial charge in [0.2, 0.25) is 0 Å². The van der Waals surface area contributed by atoms with Crippen molar-refractivity contribution in [1.29, 1.82) is 0 Å². The van der Waals surface area contributed by atoms with Gasteiger partial charge in [0.25, 0.3) is 0 Å². The fourth-order valence-electron chi connectivity index (χ4n) is 4.61. The van der Waals surface area contributed by atoms with Crippen LogP contribution in [0, 0.1) is 0 Å². The van der Waals surface area contributed by atoms with Crippen LogP contribution in [0.5, 0.6) is 11.5 Å². The van der Waals surface area contributed by atoms with Crippen LogP contribution >= 0.6 is 0 Å². The van der Waals surface area contributed by atoms with Gasteiger partial charge in [-0.2, -0.15) is 0 Å². The molecule has 0 saturated carbocycles. The smallest absolute Gasteiger partial charge is 0.456 e. The molecule has 2 aromatic rings. The van der Waals surface area contributed by atoms with E-state index in [1.165, 1.54) is 0 Å². The molecule has 0 bridgehead atoms. The molecule has 2 atom stereocenters. The SMILES string of the molecule is CC/C(=C\c1cccc(O)c1)CC[C@H]1OB(O)C[C@H]2C1=C(COc1ccccc1)CS2(=O)=O. The van der Waals surface area contributed by atoms with E-state index in [1.807, 2.05) is 42.5 Å². The number of benzene rings is 2. The van der Waals surface area contributed by atoms with Crippen LogP contribution in [0.15, 0.2) is 71.3 Å². The van der Waals surface area contributed by atoms with Crippen LogP contribution in [0.3, 0.4) is 0 Å². The number of phenolic OH excluding ortho intramolecular Hbond substituents is 1. The molecule has 0 aromatic heterocycles. The lowest BCUT2D eigenvalue weighted by molar-refractivity contribution is 0.168. The molecule has 2 N–H and O–H groups in total. The van der Waals surface area contributed by atoms with E-state index >= 15 is 0 Å². The molecule has 33 heavy (non-hydrogen) atoms. The monoisotopic (exact) mass is 468 g/mol. The van der Waals surface area contributed by atoms with Crippen molar-refractivity contribution in [1.82, 2.24) is 0 Å². The number of hydrogen-bond acceptors (Lipinski definition) is 6. The van der Waals surface area contributed by atoms with Gasteiger partial charge < -0.3 is 19.5 Å². The zero-order valence-corrected chi connectivity index (χ0v) is 19.5. The number of fused-ring (bicyclic) bond motifs is 1. The summed E-state index contributed by atoms with van der Waals surface area (Å²) in [4.78, 5) is 0. The van der Waals surface area contributed by atoms with Crippen LogP contribution < -0.4 is 4.74 Å². The number of phenols is 1. The lowest BCUT2D eigenvalue weighted by atomic mass is 9.74. The van der Waals surface area contributed by atoms with Gasteiger partial charge in [-0.3, -0.25) is 0 Å². The topological polar surface area (TPSA) is 93.1 Å². The number of aromatic hydroxyl groups is 1. The Labute approximate surface area is 195 Å². The average molecular weight is 468 g/mol. The summed E-state index contributed by atoms with van der Waals surface area (Å²) < 4.78 is 37.5. The Kier molecular flexibility index (Phi) is 7.27. The highest BCUT2D eigenvalue weighted by Crippen LogP contribution is 2.40. The van der Waals surface area contributed by atoms with Crippen molar-refractivity contribution in [2.45, 2.75) is 43.9 Å². The molecule has 0 spiro atoms. The van der Waals surface area contributed by atoms with E-state index in [0.29, 0.717) is 18.6 Å². The van der Waals surface area contributed by atoms with Gasteiger partial charge in [-0.25, -0.2) is 8.42 Å². The van der Waals surface area contributed by atoms with E-state index < -0.39 is 28.3 Å². The van der Waals surface area contributed by atoms with Crippen molar-refractivity contribution in [3.63, 3.8) is 0 Å². The molecule has 2 aromatic carbocycles.